The summed E-state index contributed by atoms with van der Waals surface area (Å²) in [6.45, 7) is 61.6. The molecule has 7 aliphatic carbocycles. The number of allylic oxidation sites excluding steroid dienone is 16. The molecular weight excluding hydrogens is 1540 g/mol. The van der Waals surface area contributed by atoms with Crippen molar-refractivity contribution in [1.82, 2.24) is 0 Å². The first kappa shape index (κ1) is 113. The Labute approximate surface area is 757 Å². The second kappa shape index (κ2) is 54.1. The number of aryl methyl sites for hydroxylation is 4. The maximum absolute atomic E-state index is 5.91. The number of fused-ring (bicyclic) bond motifs is 11. The van der Waals surface area contributed by atoms with Gasteiger partial charge in [0.1, 0.15) is 0 Å². The standard InChI is InChI=1S/2C23H18.C22H16.C21H16.8C2H6.8CH4.2Y/c2*1-14-13-16-7-5-11-21-18-9-4-3-8-17(18)19-10-6-12-20(19)22(15(14)2)23(16)21;1-4-16-13-17-8-5-6-10-20(17)21-15(3)14(2)12-18-9-7-11-19(16)22(18)21;1-4-15-12-17-8-5-7-16-11-13(2)14(3)20(21(16)17)19-10-6-9-18(15)19;8*1-2;;;;;;;;;;/h3-9,11-13H,10H2,1-2H3;3-11,13H,12H2,1-2H3;1,4-12H,2-3H3;1,4-9,11H,10H2,2-3H3;8*1-2H3;8*1H4;;/q;;2*-2;;;;;;;;;;;;;;;;;;. The summed E-state index contributed by atoms with van der Waals surface area (Å²) in [5, 5.41) is 10.7. The van der Waals surface area contributed by atoms with E-state index in [4.69, 9.17) is 13.2 Å². The van der Waals surface area contributed by atoms with Crippen molar-refractivity contribution in [1.29, 1.82) is 0 Å². The van der Waals surface area contributed by atoms with Crippen LogP contribution in [0.15, 0.2) is 230 Å². The van der Waals surface area contributed by atoms with Gasteiger partial charge in [-0.3, -0.25) is 23.3 Å². The minimum Gasteiger partial charge on any atom is -0.334 e. The maximum atomic E-state index is 5.91. The molecule has 0 spiro atoms. The van der Waals surface area contributed by atoms with Crippen LogP contribution in [0.3, 0.4) is 0 Å². The molecule has 0 fully saturated rings. The van der Waals surface area contributed by atoms with Crippen LogP contribution in [0, 0.1) is 80.7 Å². The van der Waals surface area contributed by atoms with Crippen molar-refractivity contribution in [3.8, 4) is 33.4 Å². The molecule has 0 unspecified atom stereocenters. The third-order valence-corrected chi connectivity index (χ3v) is 20.1. The minimum atomic E-state index is 0. The van der Waals surface area contributed by atoms with E-state index in [2.05, 4.69) is 274 Å². The molecular formula is C113H148Y2-4. The van der Waals surface area contributed by atoms with Crippen molar-refractivity contribution in [3.63, 3.8) is 0 Å². The Morgan fingerprint density at radius 1 is 0.261 bits per heavy atom. The average Bonchev–Trinajstić information content (AvgIpc) is 1.62. The van der Waals surface area contributed by atoms with Gasteiger partial charge in [0.25, 0.3) is 0 Å². The van der Waals surface area contributed by atoms with Crippen LogP contribution in [-0.2, 0) is 65.4 Å². The van der Waals surface area contributed by atoms with Crippen LogP contribution in [0.5, 0.6) is 0 Å². The van der Waals surface area contributed by atoms with E-state index in [1.807, 2.05) is 111 Å². The molecule has 0 atom stereocenters. The Morgan fingerprint density at radius 2 is 0.557 bits per heavy atom. The zero-order valence-corrected chi connectivity index (χ0v) is 74.9. The quantitative estimate of drug-likeness (QED) is 0.151. The predicted molar refractivity (Wildman–Crippen MR) is 526 cm³/mol. The van der Waals surface area contributed by atoms with Crippen LogP contribution in [0.4, 0.5) is 0 Å². The first-order valence-electron chi connectivity index (χ1n) is 39.4. The molecule has 2 heteroatoms. The summed E-state index contributed by atoms with van der Waals surface area (Å²) in [6, 6.07) is 61.7. The van der Waals surface area contributed by atoms with Gasteiger partial charge in [-0.15, -0.1) is 35.4 Å². The number of benzene rings is 11. The van der Waals surface area contributed by atoms with E-state index >= 15 is 0 Å². The van der Waals surface area contributed by atoms with Crippen LogP contribution >= 0.6 is 0 Å². The van der Waals surface area contributed by atoms with Crippen molar-refractivity contribution >= 4 is 76.5 Å². The summed E-state index contributed by atoms with van der Waals surface area (Å²) in [5.74, 6) is 0. The molecule has 0 saturated carbocycles. The second-order valence-corrected chi connectivity index (χ2v) is 24.9. The van der Waals surface area contributed by atoms with E-state index in [0.29, 0.717) is 0 Å². The maximum Gasteiger partial charge on any atom is 0 e. The van der Waals surface area contributed by atoms with Gasteiger partial charge in [0.15, 0.2) is 0 Å². The summed E-state index contributed by atoms with van der Waals surface area (Å²) >= 11 is 0. The van der Waals surface area contributed by atoms with Gasteiger partial charge >= 0.3 is 0 Å². The third kappa shape index (κ3) is 22.3. The van der Waals surface area contributed by atoms with Crippen molar-refractivity contribution in [2.75, 3.05) is 0 Å². The van der Waals surface area contributed by atoms with E-state index < -0.39 is 0 Å². The van der Waals surface area contributed by atoms with Crippen LogP contribution in [-0.4, -0.2) is 0 Å². The molecule has 2 radical (unpaired) electrons. The predicted octanol–water partition coefficient (Wildman–Crippen LogP) is 36.8. The van der Waals surface area contributed by atoms with Crippen LogP contribution in [0.1, 0.15) is 278 Å². The van der Waals surface area contributed by atoms with Gasteiger partial charge < -0.3 is 13.2 Å². The summed E-state index contributed by atoms with van der Waals surface area (Å²) < 4.78 is 0. The molecule has 0 aliphatic heterocycles. The normalized spacial score (nSPS) is 11.7. The Kier molecular flexibility index (Phi) is 53.4. The van der Waals surface area contributed by atoms with Gasteiger partial charge in [0, 0.05) is 65.4 Å². The van der Waals surface area contributed by atoms with Gasteiger partial charge in [-0.25, -0.2) is 12.2 Å². The molecule has 18 rings (SSSR count). The molecule has 7 aliphatic rings. The van der Waals surface area contributed by atoms with Gasteiger partial charge in [0.2, 0.25) is 0 Å². The second-order valence-electron chi connectivity index (χ2n) is 24.9. The Balaban J connectivity index is -0.000000656. The van der Waals surface area contributed by atoms with Gasteiger partial charge in [-0.2, -0.15) is 11.1 Å². The van der Waals surface area contributed by atoms with E-state index in [1.54, 1.807) is 12.2 Å². The SMILES string of the molecule is C.C.C.C.C.C.C.C.CC.CC.CC.CC.CC.CC.CC.CC.Cc1cc2cccc3c2c(c1C)C1=C(C=CC1)c1ccccc1-3.Cc1cc2cccc3c2c(c1C)C1=C(CC=C1)c1ccccc1-3.[CH-]=CC1=[C-]c2cccc3cc(C)c(C)c(c23)C2=C1C=CC2.[CH-]=CC1=[C-]c2ccccc2-c2c(C)c(C)cc3cccc1c23.[Y].[Y]. The number of hydrogen-bond donors (Lipinski definition) is 0. The van der Waals surface area contributed by atoms with Crippen LogP contribution in [0.25, 0.3) is 110 Å². The fourth-order valence-electron chi connectivity index (χ4n) is 15.4. The average molecular weight is 1680 g/mol. The molecule has 11 aromatic carbocycles. The molecule has 0 N–H and O–H groups in total. The smallest absolute Gasteiger partial charge is 0 e. The van der Waals surface area contributed by atoms with Crippen LogP contribution < -0.4 is 0 Å². The molecule has 0 bridgehead atoms. The summed E-state index contributed by atoms with van der Waals surface area (Å²) in [4.78, 5) is 0. The molecule has 0 aromatic heterocycles. The van der Waals surface area contributed by atoms with Gasteiger partial charge in [-0.1, -0.05) is 385 Å². The van der Waals surface area contributed by atoms with Crippen molar-refractivity contribution in [2.24, 2.45) is 0 Å². The monoisotopic (exact) mass is 1680 g/mol. The first-order valence-corrected chi connectivity index (χ1v) is 39.4. The molecule has 0 nitrogen and oxygen atoms in total. The first-order chi connectivity index (χ1) is 51.4. The van der Waals surface area contributed by atoms with Crippen molar-refractivity contribution < 1.29 is 65.4 Å². The Hall–Kier alpha value is -7.93. The summed E-state index contributed by atoms with van der Waals surface area (Å²) in [6.07, 6.45) is 27.1. The fraction of sp³-hybridized carbons (Fsp3) is 0.310. The molecule has 115 heavy (non-hydrogen) atoms. The topological polar surface area (TPSA) is 0 Å². The summed E-state index contributed by atoms with van der Waals surface area (Å²) in [7, 11) is 0. The Bertz CT molecular complexity index is 5260. The van der Waals surface area contributed by atoms with E-state index in [0.717, 1.165) is 47.1 Å². The summed E-state index contributed by atoms with van der Waals surface area (Å²) in [5.41, 5.74) is 39.8. The molecule has 0 amide bonds. The molecule has 610 valence electrons. The minimum absolute atomic E-state index is 0. The van der Waals surface area contributed by atoms with Crippen molar-refractivity contribution in [2.45, 2.75) is 245 Å². The zero-order valence-electron chi connectivity index (χ0n) is 69.2. The van der Waals surface area contributed by atoms with Crippen molar-refractivity contribution in [3.05, 3.63) is 344 Å². The van der Waals surface area contributed by atoms with E-state index in [1.165, 1.54) is 182 Å². The number of rotatable bonds is 2. The van der Waals surface area contributed by atoms with Gasteiger partial charge in [0.05, 0.1) is 0 Å². The Morgan fingerprint density at radius 3 is 1.02 bits per heavy atom. The molecule has 0 heterocycles. The third-order valence-electron chi connectivity index (χ3n) is 20.1. The fourth-order valence-corrected chi connectivity index (χ4v) is 15.4. The largest absolute Gasteiger partial charge is 0.334 e. The van der Waals surface area contributed by atoms with Gasteiger partial charge in [-0.05, 0) is 218 Å². The number of hydrogen-bond acceptors (Lipinski definition) is 0. The van der Waals surface area contributed by atoms with Crippen LogP contribution in [0.2, 0.25) is 0 Å². The molecule has 0 saturated heterocycles. The molecule has 11 aromatic rings. The zero-order chi connectivity index (χ0) is 76.9. The van der Waals surface area contributed by atoms with E-state index in [9.17, 15) is 0 Å². The van der Waals surface area contributed by atoms with E-state index in [-0.39, 0.29) is 125 Å².